The van der Waals surface area contributed by atoms with Gasteiger partial charge in [0.1, 0.15) is 5.60 Å². The van der Waals surface area contributed by atoms with E-state index in [1.165, 1.54) is 7.11 Å². The first-order valence-electron chi connectivity index (χ1n) is 6.11. The lowest BCUT2D eigenvalue weighted by Gasteiger charge is -2.21. The van der Waals surface area contributed by atoms with Crippen LogP contribution in [0.25, 0.3) is 0 Å². The van der Waals surface area contributed by atoms with Crippen LogP contribution in [-0.4, -0.2) is 24.8 Å². The third kappa shape index (κ3) is 5.27. The van der Waals surface area contributed by atoms with Crippen LogP contribution >= 0.6 is 0 Å². The third-order valence-corrected chi connectivity index (χ3v) is 2.18. The number of hydrogen-bond donors (Lipinski definition) is 1. The van der Waals surface area contributed by atoms with Crippen molar-refractivity contribution in [3.8, 4) is 0 Å². The largest absolute Gasteiger partial charge is 0.467 e. The van der Waals surface area contributed by atoms with E-state index in [1.54, 1.807) is 51.1 Å². The molecule has 0 saturated heterocycles. The molecule has 110 valence electrons. The summed E-state index contributed by atoms with van der Waals surface area (Å²) in [7, 11) is 1.25. The summed E-state index contributed by atoms with van der Waals surface area (Å²) in [4.78, 5) is 28.3. The molecule has 0 aliphatic carbocycles. The Kier molecular flexibility index (Phi) is 5.52. The minimum atomic E-state index is -1.05. The maximum Gasteiger partial charge on any atom is 0.431 e. The second kappa shape index (κ2) is 6.91. The highest BCUT2D eigenvalue weighted by atomic mass is 16.7. The van der Waals surface area contributed by atoms with E-state index in [2.05, 4.69) is 10.2 Å². The molecule has 0 heterocycles. The van der Waals surface area contributed by atoms with Gasteiger partial charge in [-0.3, -0.25) is 4.84 Å². The van der Waals surface area contributed by atoms with Crippen molar-refractivity contribution in [3.63, 3.8) is 0 Å². The SMILES string of the molecule is COC(=O)C(ONC(=O)OC(C)(C)C)c1ccccc1. The van der Waals surface area contributed by atoms with Gasteiger partial charge < -0.3 is 9.47 Å². The fourth-order valence-corrected chi connectivity index (χ4v) is 1.39. The molecule has 6 nitrogen and oxygen atoms in total. The van der Waals surface area contributed by atoms with E-state index in [9.17, 15) is 9.59 Å². The van der Waals surface area contributed by atoms with E-state index in [4.69, 9.17) is 9.57 Å². The number of amides is 1. The van der Waals surface area contributed by atoms with Gasteiger partial charge in [0, 0.05) is 0 Å². The molecular weight excluding hydrogens is 262 g/mol. The summed E-state index contributed by atoms with van der Waals surface area (Å²) in [6, 6.07) is 8.69. The van der Waals surface area contributed by atoms with Gasteiger partial charge in [-0.2, -0.15) is 5.48 Å². The van der Waals surface area contributed by atoms with Crippen LogP contribution < -0.4 is 5.48 Å². The highest BCUT2D eigenvalue weighted by Gasteiger charge is 2.25. The first kappa shape index (κ1) is 16.0. The molecule has 20 heavy (non-hydrogen) atoms. The number of benzene rings is 1. The fraction of sp³-hybridized carbons (Fsp3) is 0.429. The molecule has 0 aliphatic heterocycles. The van der Waals surface area contributed by atoms with Gasteiger partial charge in [0.15, 0.2) is 0 Å². The predicted molar refractivity (Wildman–Crippen MR) is 71.7 cm³/mol. The van der Waals surface area contributed by atoms with Crippen molar-refractivity contribution in [3.05, 3.63) is 35.9 Å². The molecule has 1 aromatic rings. The average Bonchev–Trinajstić information content (AvgIpc) is 2.37. The number of carbonyl (C=O) groups is 2. The van der Waals surface area contributed by atoms with E-state index in [-0.39, 0.29) is 0 Å². The van der Waals surface area contributed by atoms with Crippen molar-refractivity contribution in [1.29, 1.82) is 0 Å². The number of ether oxygens (including phenoxy) is 2. The van der Waals surface area contributed by atoms with Gasteiger partial charge in [-0.25, -0.2) is 9.59 Å². The molecule has 0 radical (unpaired) electrons. The van der Waals surface area contributed by atoms with Gasteiger partial charge in [0.2, 0.25) is 6.10 Å². The molecule has 1 amide bonds. The van der Waals surface area contributed by atoms with Gasteiger partial charge in [0.05, 0.1) is 7.11 Å². The Morgan fingerprint density at radius 2 is 1.75 bits per heavy atom. The van der Waals surface area contributed by atoms with Crippen LogP contribution in [0.4, 0.5) is 4.79 Å². The zero-order valence-corrected chi connectivity index (χ0v) is 12.0. The van der Waals surface area contributed by atoms with Crippen LogP contribution in [0.2, 0.25) is 0 Å². The number of carbonyl (C=O) groups excluding carboxylic acids is 2. The lowest BCUT2D eigenvalue weighted by molar-refractivity contribution is -0.159. The fourth-order valence-electron chi connectivity index (χ4n) is 1.39. The average molecular weight is 281 g/mol. The standard InChI is InChI=1S/C14H19NO5/c1-14(2,3)19-13(17)15-20-11(12(16)18-4)10-8-6-5-7-9-10/h5-9,11H,1-4H3,(H,15,17). The summed E-state index contributed by atoms with van der Waals surface area (Å²) in [5.41, 5.74) is 2.00. The minimum absolute atomic E-state index is 0.565. The van der Waals surface area contributed by atoms with Crippen LogP contribution in [0, 0.1) is 0 Å². The van der Waals surface area contributed by atoms with Crippen molar-refractivity contribution in [2.45, 2.75) is 32.5 Å². The first-order valence-corrected chi connectivity index (χ1v) is 6.11. The monoisotopic (exact) mass is 281 g/mol. The highest BCUT2D eigenvalue weighted by Crippen LogP contribution is 2.17. The second-order valence-electron chi connectivity index (χ2n) is 5.04. The normalized spacial score (nSPS) is 12.4. The van der Waals surface area contributed by atoms with E-state index < -0.39 is 23.8 Å². The second-order valence-corrected chi connectivity index (χ2v) is 5.04. The highest BCUT2D eigenvalue weighted by molar-refractivity contribution is 5.76. The van der Waals surface area contributed by atoms with E-state index >= 15 is 0 Å². The van der Waals surface area contributed by atoms with Crippen LogP contribution in [0.15, 0.2) is 30.3 Å². The molecule has 1 rings (SSSR count). The summed E-state index contributed by atoms with van der Waals surface area (Å²) in [5.74, 6) is -0.618. The minimum Gasteiger partial charge on any atom is -0.467 e. The van der Waals surface area contributed by atoms with Crippen molar-refractivity contribution >= 4 is 12.1 Å². The molecule has 0 fully saturated rings. The van der Waals surface area contributed by atoms with Gasteiger partial charge in [-0.1, -0.05) is 30.3 Å². The number of hydroxylamine groups is 1. The molecule has 1 aromatic carbocycles. The number of methoxy groups -OCH3 is 1. The van der Waals surface area contributed by atoms with Crippen molar-refractivity contribution in [2.24, 2.45) is 0 Å². The van der Waals surface area contributed by atoms with Crippen molar-refractivity contribution in [1.82, 2.24) is 5.48 Å². The lowest BCUT2D eigenvalue weighted by Crippen LogP contribution is -2.35. The molecule has 0 bridgehead atoms. The predicted octanol–water partition coefficient (Wildman–Crippen LogP) is 2.36. The first-order chi connectivity index (χ1) is 9.33. The molecule has 1 atom stereocenters. The summed E-state index contributed by atoms with van der Waals surface area (Å²) in [6.45, 7) is 5.17. The van der Waals surface area contributed by atoms with Gasteiger partial charge >= 0.3 is 12.1 Å². The van der Waals surface area contributed by atoms with E-state index in [1.807, 2.05) is 0 Å². The topological polar surface area (TPSA) is 73.9 Å². The Balaban J connectivity index is 2.68. The smallest absolute Gasteiger partial charge is 0.431 e. The van der Waals surface area contributed by atoms with Gasteiger partial charge in [-0.15, -0.1) is 0 Å². The third-order valence-electron chi connectivity index (χ3n) is 2.18. The maximum absolute atomic E-state index is 11.7. The molecule has 6 heteroatoms. The molecule has 0 aromatic heterocycles. The van der Waals surface area contributed by atoms with Crippen molar-refractivity contribution < 1.29 is 23.9 Å². The Morgan fingerprint density at radius 1 is 1.15 bits per heavy atom. The number of nitrogens with one attached hydrogen (secondary N) is 1. The summed E-state index contributed by atoms with van der Waals surface area (Å²) in [5, 5.41) is 0. The molecule has 0 spiro atoms. The zero-order valence-electron chi connectivity index (χ0n) is 12.0. The van der Waals surface area contributed by atoms with Crippen LogP contribution in [-0.2, 0) is 19.1 Å². The maximum atomic E-state index is 11.7. The Bertz CT molecular complexity index is 452. The lowest BCUT2D eigenvalue weighted by atomic mass is 10.1. The van der Waals surface area contributed by atoms with Crippen LogP contribution in [0.5, 0.6) is 0 Å². The molecule has 0 aliphatic rings. The van der Waals surface area contributed by atoms with E-state index in [0.29, 0.717) is 5.56 Å². The van der Waals surface area contributed by atoms with Gasteiger partial charge in [0.25, 0.3) is 0 Å². The molecular formula is C14H19NO5. The quantitative estimate of drug-likeness (QED) is 0.677. The molecule has 1 N–H and O–H groups in total. The Labute approximate surface area is 118 Å². The van der Waals surface area contributed by atoms with Crippen LogP contribution in [0.1, 0.15) is 32.4 Å². The number of hydrogen-bond acceptors (Lipinski definition) is 5. The number of rotatable bonds is 4. The summed E-state index contributed by atoms with van der Waals surface area (Å²) in [6.07, 6.45) is -1.82. The Morgan fingerprint density at radius 3 is 2.25 bits per heavy atom. The van der Waals surface area contributed by atoms with E-state index in [0.717, 1.165) is 0 Å². The Hall–Kier alpha value is -2.08. The number of esters is 1. The van der Waals surface area contributed by atoms with Gasteiger partial charge in [-0.05, 0) is 26.3 Å². The molecule has 0 saturated carbocycles. The zero-order chi connectivity index (χ0) is 15.2. The van der Waals surface area contributed by atoms with Crippen LogP contribution in [0.3, 0.4) is 0 Å². The molecule has 1 unspecified atom stereocenters. The van der Waals surface area contributed by atoms with Crippen molar-refractivity contribution in [2.75, 3.05) is 7.11 Å². The summed E-state index contributed by atoms with van der Waals surface area (Å²) >= 11 is 0. The summed E-state index contributed by atoms with van der Waals surface area (Å²) < 4.78 is 9.65.